The molecule has 35 heavy (non-hydrogen) atoms. The van der Waals surface area contributed by atoms with Crippen LogP contribution in [0.1, 0.15) is 16.1 Å². The van der Waals surface area contributed by atoms with Gasteiger partial charge in [0, 0.05) is 40.2 Å². The molecule has 5 aromatic rings. The van der Waals surface area contributed by atoms with Crippen LogP contribution >= 0.6 is 11.6 Å². The molecule has 11 heteroatoms. The maximum Gasteiger partial charge on any atom is 0.352 e. The minimum absolute atomic E-state index is 0.0815. The maximum atomic E-state index is 12.8. The molecule has 0 atom stereocenters. The van der Waals surface area contributed by atoms with E-state index in [1.165, 1.54) is 27.7 Å². The molecule has 174 valence electrons. The van der Waals surface area contributed by atoms with Crippen LogP contribution in [0.25, 0.3) is 27.7 Å². The first-order valence-electron chi connectivity index (χ1n) is 10.5. The monoisotopic (exact) mass is 488 g/mol. The van der Waals surface area contributed by atoms with Gasteiger partial charge in [-0.15, -0.1) is 5.10 Å². The summed E-state index contributed by atoms with van der Waals surface area (Å²) < 4.78 is 2.81. The topological polar surface area (TPSA) is 136 Å². The molecule has 3 aromatic heterocycles. The lowest BCUT2D eigenvalue weighted by Gasteiger charge is -2.11. The van der Waals surface area contributed by atoms with Crippen molar-refractivity contribution in [2.75, 3.05) is 0 Å². The van der Waals surface area contributed by atoms with Gasteiger partial charge in [-0.05, 0) is 64.0 Å². The zero-order valence-corrected chi connectivity index (χ0v) is 18.8. The van der Waals surface area contributed by atoms with Crippen LogP contribution in [0.2, 0.25) is 5.02 Å². The highest BCUT2D eigenvalue weighted by Crippen LogP contribution is 2.28. The van der Waals surface area contributed by atoms with Crippen LogP contribution in [0.3, 0.4) is 0 Å². The molecule has 0 aliphatic rings. The summed E-state index contributed by atoms with van der Waals surface area (Å²) in [6.45, 7) is -0.0972. The zero-order chi connectivity index (χ0) is 24.5. The number of ketones is 1. The normalized spacial score (nSPS) is 11.1. The van der Waals surface area contributed by atoms with Crippen LogP contribution in [-0.4, -0.2) is 46.6 Å². The molecule has 0 radical (unpaired) electrons. The molecule has 2 aromatic carbocycles. The molecule has 0 saturated carbocycles. The number of Topliss-reactive ketones (excluding diaryl/α,β-unsaturated/α-hetero) is 1. The molecule has 0 spiro atoms. The van der Waals surface area contributed by atoms with Gasteiger partial charge in [0.1, 0.15) is 12.0 Å². The highest BCUT2D eigenvalue weighted by molar-refractivity contribution is 6.31. The summed E-state index contributed by atoms with van der Waals surface area (Å²) in [6.07, 6.45) is 3.11. The van der Waals surface area contributed by atoms with Crippen molar-refractivity contribution in [2.24, 2.45) is 0 Å². The Kier molecular flexibility index (Phi) is 5.71. The van der Waals surface area contributed by atoms with Gasteiger partial charge in [0.15, 0.2) is 5.78 Å². The number of tetrazole rings is 1. The molecule has 0 saturated heterocycles. The van der Waals surface area contributed by atoms with Crippen molar-refractivity contribution in [3.63, 3.8) is 0 Å². The number of hydrogen-bond acceptors (Lipinski definition) is 6. The zero-order valence-electron chi connectivity index (χ0n) is 18.1. The second-order valence-electron chi connectivity index (χ2n) is 7.92. The SMILES string of the molecule is O=C(Cc1ccc2[nH]c(C(=O)O)cc2c1)Cn1ccc(-c2cc(Cl)ccc2-n2cnnn2)cc1=O. The smallest absolute Gasteiger partial charge is 0.352 e. The number of nitrogens with zero attached hydrogens (tertiary/aromatic N) is 5. The predicted molar refractivity (Wildman–Crippen MR) is 128 cm³/mol. The first-order valence-corrected chi connectivity index (χ1v) is 10.9. The molecule has 0 aliphatic carbocycles. The van der Waals surface area contributed by atoms with E-state index in [4.69, 9.17) is 16.7 Å². The number of benzene rings is 2. The van der Waals surface area contributed by atoms with Crippen molar-refractivity contribution < 1.29 is 14.7 Å². The summed E-state index contributed by atoms with van der Waals surface area (Å²) in [4.78, 5) is 39.4. The summed E-state index contributed by atoms with van der Waals surface area (Å²) in [5.74, 6) is -1.21. The Morgan fingerprint density at radius 3 is 2.66 bits per heavy atom. The molecule has 0 amide bonds. The highest BCUT2D eigenvalue weighted by atomic mass is 35.5. The van der Waals surface area contributed by atoms with Gasteiger partial charge in [0.25, 0.3) is 5.56 Å². The van der Waals surface area contributed by atoms with Crippen molar-refractivity contribution in [1.82, 2.24) is 29.8 Å². The lowest BCUT2D eigenvalue weighted by atomic mass is 10.0. The van der Waals surface area contributed by atoms with Crippen molar-refractivity contribution in [2.45, 2.75) is 13.0 Å². The number of halogens is 1. The molecule has 3 heterocycles. The van der Waals surface area contributed by atoms with Crippen LogP contribution < -0.4 is 5.56 Å². The molecule has 2 N–H and O–H groups in total. The number of aromatic carboxylic acids is 1. The van der Waals surface area contributed by atoms with Crippen LogP contribution in [0.15, 0.2) is 71.9 Å². The van der Waals surface area contributed by atoms with E-state index in [0.717, 1.165) is 5.56 Å². The van der Waals surface area contributed by atoms with Crippen molar-refractivity contribution in [3.05, 3.63) is 93.8 Å². The number of hydrogen-bond donors (Lipinski definition) is 2. The van der Waals surface area contributed by atoms with Gasteiger partial charge in [-0.2, -0.15) is 4.68 Å². The van der Waals surface area contributed by atoms with E-state index in [0.29, 0.717) is 32.7 Å². The Labute approximate surface area is 202 Å². The number of fused-ring (bicyclic) bond motifs is 1. The van der Waals surface area contributed by atoms with E-state index in [2.05, 4.69) is 20.5 Å². The number of carboxylic acids is 1. The molecular formula is C24H17ClN6O4. The number of carbonyl (C=O) groups excluding carboxylic acids is 1. The molecule has 0 aliphatic heterocycles. The molecular weight excluding hydrogens is 472 g/mol. The fourth-order valence-electron chi connectivity index (χ4n) is 3.90. The largest absolute Gasteiger partial charge is 0.477 e. The summed E-state index contributed by atoms with van der Waals surface area (Å²) >= 11 is 6.18. The van der Waals surface area contributed by atoms with Gasteiger partial charge in [-0.3, -0.25) is 9.59 Å². The van der Waals surface area contributed by atoms with Gasteiger partial charge in [0.05, 0.1) is 12.2 Å². The van der Waals surface area contributed by atoms with Gasteiger partial charge in [-0.1, -0.05) is 17.7 Å². The number of aromatic nitrogens is 6. The first kappa shape index (κ1) is 22.2. The van der Waals surface area contributed by atoms with E-state index in [-0.39, 0.29) is 30.0 Å². The Bertz CT molecular complexity index is 1640. The minimum Gasteiger partial charge on any atom is -0.477 e. The quantitative estimate of drug-likeness (QED) is 0.359. The Balaban J connectivity index is 1.36. The number of rotatable bonds is 7. The summed E-state index contributed by atoms with van der Waals surface area (Å²) in [6, 6.07) is 15.1. The fraction of sp³-hybridized carbons (Fsp3) is 0.0833. The van der Waals surface area contributed by atoms with Crippen molar-refractivity contribution in [3.8, 4) is 16.8 Å². The maximum absolute atomic E-state index is 12.8. The summed E-state index contributed by atoms with van der Waals surface area (Å²) in [5.41, 5.74) is 3.07. The number of aromatic amines is 1. The third-order valence-corrected chi connectivity index (χ3v) is 5.76. The van der Waals surface area contributed by atoms with Crippen LogP contribution in [0.4, 0.5) is 0 Å². The average molecular weight is 489 g/mol. The standard InChI is InChI=1S/C24H17ClN6O4/c25-17-2-4-22(31-13-26-28-29-31)19(11-17)15-5-6-30(23(33)10-15)12-18(32)8-14-1-3-20-16(7-14)9-21(27-20)24(34)35/h1-7,9-11,13,27H,8,12H2,(H,34,35). The van der Waals surface area contributed by atoms with E-state index in [9.17, 15) is 14.4 Å². The van der Waals surface area contributed by atoms with Gasteiger partial charge < -0.3 is 14.7 Å². The first-order chi connectivity index (χ1) is 16.9. The average Bonchev–Trinajstić information content (AvgIpc) is 3.50. The van der Waals surface area contributed by atoms with Crippen LogP contribution in [0, 0.1) is 0 Å². The Morgan fingerprint density at radius 2 is 1.91 bits per heavy atom. The summed E-state index contributed by atoms with van der Waals surface area (Å²) in [7, 11) is 0. The number of carbonyl (C=O) groups is 2. The fourth-order valence-corrected chi connectivity index (χ4v) is 4.07. The number of nitrogens with one attached hydrogen (secondary N) is 1. The van der Waals surface area contributed by atoms with Crippen molar-refractivity contribution in [1.29, 1.82) is 0 Å². The minimum atomic E-state index is -1.05. The molecule has 0 fully saturated rings. The lowest BCUT2D eigenvalue weighted by Crippen LogP contribution is -2.24. The van der Waals surface area contributed by atoms with Crippen molar-refractivity contribution >= 4 is 34.3 Å². The van der Waals surface area contributed by atoms with E-state index >= 15 is 0 Å². The van der Waals surface area contributed by atoms with E-state index < -0.39 is 5.97 Å². The number of carboxylic acid groups (broad SMARTS) is 1. The number of pyridine rings is 1. The molecule has 0 unspecified atom stereocenters. The predicted octanol–water partition coefficient (Wildman–Crippen LogP) is 3.14. The second kappa shape index (κ2) is 8.99. The lowest BCUT2D eigenvalue weighted by molar-refractivity contribution is -0.119. The van der Waals surface area contributed by atoms with E-state index in [1.54, 1.807) is 48.7 Å². The third kappa shape index (κ3) is 4.59. The van der Waals surface area contributed by atoms with Gasteiger partial charge >= 0.3 is 5.97 Å². The Hall–Kier alpha value is -4.57. The molecule has 5 rings (SSSR count). The molecule has 10 nitrogen and oxygen atoms in total. The second-order valence-corrected chi connectivity index (χ2v) is 8.36. The Morgan fingerprint density at radius 1 is 1.06 bits per heavy atom. The van der Waals surface area contributed by atoms with Crippen LogP contribution in [0.5, 0.6) is 0 Å². The van der Waals surface area contributed by atoms with E-state index in [1.807, 2.05) is 0 Å². The molecule has 0 bridgehead atoms. The van der Waals surface area contributed by atoms with Crippen LogP contribution in [-0.2, 0) is 17.8 Å². The third-order valence-electron chi connectivity index (χ3n) is 5.53. The van der Waals surface area contributed by atoms with Gasteiger partial charge in [0.2, 0.25) is 0 Å². The summed E-state index contributed by atoms with van der Waals surface area (Å²) in [5, 5.41) is 21.5. The highest BCUT2D eigenvalue weighted by Gasteiger charge is 2.13. The van der Waals surface area contributed by atoms with Gasteiger partial charge in [-0.25, -0.2) is 4.79 Å². The number of H-pyrrole nitrogens is 1.